The van der Waals surface area contributed by atoms with E-state index in [1.54, 1.807) is 0 Å². The highest BCUT2D eigenvalue weighted by Gasteiger charge is 2.22. The quantitative estimate of drug-likeness (QED) is 0.776. The van der Waals surface area contributed by atoms with E-state index in [4.69, 9.17) is 0 Å². The molecule has 0 aliphatic carbocycles. The SMILES string of the molecule is ON1C(c2ccccc2I)=NNc2ccccc21. The second-order valence-corrected chi connectivity index (χ2v) is 5.02. The van der Waals surface area contributed by atoms with Crippen molar-refractivity contribution in [2.45, 2.75) is 0 Å². The van der Waals surface area contributed by atoms with E-state index in [0.717, 1.165) is 19.9 Å². The van der Waals surface area contributed by atoms with E-state index < -0.39 is 0 Å². The number of halogens is 1. The van der Waals surface area contributed by atoms with E-state index in [1.807, 2.05) is 48.5 Å². The summed E-state index contributed by atoms with van der Waals surface area (Å²) >= 11 is 2.23. The van der Waals surface area contributed by atoms with Crippen molar-refractivity contribution in [1.82, 2.24) is 0 Å². The normalized spacial score (nSPS) is 13.7. The fraction of sp³-hybridized carbons (Fsp3) is 0. The smallest absolute Gasteiger partial charge is 0.185 e. The third kappa shape index (κ3) is 1.85. The molecule has 1 aliphatic heterocycles. The third-order valence-electron chi connectivity index (χ3n) is 2.73. The zero-order valence-electron chi connectivity index (χ0n) is 9.34. The number of benzene rings is 2. The zero-order valence-corrected chi connectivity index (χ0v) is 11.5. The van der Waals surface area contributed by atoms with Crippen LogP contribution in [0.25, 0.3) is 0 Å². The van der Waals surface area contributed by atoms with Crippen LogP contribution in [0.15, 0.2) is 53.6 Å². The largest absolute Gasteiger partial charge is 0.282 e. The maximum absolute atomic E-state index is 10.3. The van der Waals surface area contributed by atoms with Gasteiger partial charge in [-0.25, -0.2) is 5.06 Å². The van der Waals surface area contributed by atoms with Gasteiger partial charge in [-0.3, -0.25) is 10.6 Å². The van der Waals surface area contributed by atoms with Crippen LogP contribution in [0.5, 0.6) is 0 Å². The molecule has 1 heterocycles. The van der Waals surface area contributed by atoms with Crippen molar-refractivity contribution in [2.24, 2.45) is 5.10 Å². The molecule has 0 saturated heterocycles. The summed E-state index contributed by atoms with van der Waals surface area (Å²) in [7, 11) is 0. The molecule has 1 aliphatic rings. The van der Waals surface area contributed by atoms with Crippen LogP contribution in [0.3, 0.4) is 0 Å². The number of fused-ring (bicyclic) bond motifs is 1. The number of hydroxylamine groups is 1. The summed E-state index contributed by atoms with van der Waals surface area (Å²) in [5.74, 6) is 0.499. The lowest BCUT2D eigenvalue weighted by molar-refractivity contribution is 0.311. The van der Waals surface area contributed by atoms with Crippen molar-refractivity contribution in [1.29, 1.82) is 0 Å². The number of nitrogens with one attached hydrogen (secondary N) is 1. The predicted molar refractivity (Wildman–Crippen MR) is 80.0 cm³/mol. The molecule has 0 radical (unpaired) electrons. The Balaban J connectivity index is 2.07. The van der Waals surface area contributed by atoms with Crippen LogP contribution in [0.4, 0.5) is 11.4 Å². The number of para-hydroxylation sites is 2. The molecule has 2 aromatic carbocycles. The summed E-state index contributed by atoms with van der Waals surface area (Å²) in [4.78, 5) is 0. The molecule has 18 heavy (non-hydrogen) atoms. The minimum absolute atomic E-state index is 0.499. The van der Waals surface area contributed by atoms with Gasteiger partial charge in [0.1, 0.15) is 0 Å². The first kappa shape index (κ1) is 11.5. The van der Waals surface area contributed by atoms with Crippen molar-refractivity contribution in [3.8, 4) is 0 Å². The minimum atomic E-state index is 0.499. The topological polar surface area (TPSA) is 47.9 Å². The number of nitrogens with zero attached hydrogens (tertiary/aromatic N) is 2. The van der Waals surface area contributed by atoms with Crippen LogP contribution in [0.2, 0.25) is 0 Å². The molecule has 0 atom stereocenters. The molecule has 0 bridgehead atoms. The first-order chi connectivity index (χ1) is 8.77. The van der Waals surface area contributed by atoms with E-state index in [1.165, 1.54) is 0 Å². The average Bonchev–Trinajstić information content (AvgIpc) is 2.41. The van der Waals surface area contributed by atoms with Crippen molar-refractivity contribution in [3.63, 3.8) is 0 Å². The van der Waals surface area contributed by atoms with Crippen LogP contribution in [0.1, 0.15) is 5.56 Å². The summed E-state index contributed by atoms with van der Waals surface area (Å²) in [6.07, 6.45) is 0. The number of hydrogen-bond acceptors (Lipinski definition) is 4. The molecule has 0 aromatic heterocycles. The van der Waals surface area contributed by atoms with E-state index in [-0.39, 0.29) is 0 Å². The molecule has 0 spiro atoms. The maximum Gasteiger partial charge on any atom is 0.185 e. The molecule has 90 valence electrons. The van der Waals surface area contributed by atoms with Gasteiger partial charge in [0.25, 0.3) is 0 Å². The predicted octanol–water partition coefficient (Wildman–Crippen LogP) is 3.27. The maximum atomic E-state index is 10.3. The van der Waals surface area contributed by atoms with Gasteiger partial charge in [-0.1, -0.05) is 30.3 Å². The fourth-order valence-corrected chi connectivity index (χ4v) is 2.47. The Labute approximate surface area is 118 Å². The Morgan fingerprint density at radius 1 is 1.06 bits per heavy atom. The Morgan fingerprint density at radius 2 is 1.78 bits per heavy atom. The van der Waals surface area contributed by atoms with Crippen molar-refractivity contribution in [3.05, 3.63) is 57.7 Å². The first-order valence-electron chi connectivity index (χ1n) is 5.44. The number of hydrazone groups is 1. The highest BCUT2D eigenvalue weighted by molar-refractivity contribution is 14.1. The molecule has 2 aromatic rings. The van der Waals surface area contributed by atoms with Gasteiger partial charge < -0.3 is 0 Å². The summed E-state index contributed by atoms with van der Waals surface area (Å²) in [6.45, 7) is 0. The van der Waals surface area contributed by atoms with E-state index in [0.29, 0.717) is 11.5 Å². The molecule has 0 fully saturated rings. The van der Waals surface area contributed by atoms with E-state index in [9.17, 15) is 5.21 Å². The molecule has 3 rings (SSSR count). The Morgan fingerprint density at radius 3 is 2.61 bits per heavy atom. The lowest BCUT2D eigenvalue weighted by atomic mass is 10.1. The van der Waals surface area contributed by atoms with Gasteiger partial charge in [0.15, 0.2) is 5.84 Å². The molecule has 0 unspecified atom stereocenters. The van der Waals surface area contributed by atoms with Gasteiger partial charge in [0, 0.05) is 9.13 Å². The standard InChI is InChI=1S/C13H10IN3O/c14-10-6-2-1-5-9(10)13-16-15-11-7-3-4-8-12(11)17(13)18/h1-8,15,18H. The van der Waals surface area contributed by atoms with Crippen LogP contribution in [-0.2, 0) is 0 Å². The molecule has 0 amide bonds. The Bertz CT molecular complexity index is 627. The van der Waals surface area contributed by atoms with Gasteiger partial charge in [0.2, 0.25) is 0 Å². The second kappa shape index (κ2) is 4.58. The van der Waals surface area contributed by atoms with Gasteiger partial charge >= 0.3 is 0 Å². The summed E-state index contributed by atoms with van der Waals surface area (Å²) in [5.41, 5.74) is 5.33. The number of rotatable bonds is 1. The third-order valence-corrected chi connectivity index (χ3v) is 3.67. The fourth-order valence-electron chi connectivity index (χ4n) is 1.84. The van der Waals surface area contributed by atoms with Crippen LogP contribution in [0, 0.1) is 3.57 Å². The highest BCUT2D eigenvalue weighted by atomic mass is 127. The Kier molecular flexibility index (Phi) is 2.92. The van der Waals surface area contributed by atoms with Gasteiger partial charge in [0.05, 0.1) is 11.4 Å². The monoisotopic (exact) mass is 351 g/mol. The lowest BCUT2D eigenvalue weighted by Crippen LogP contribution is -2.33. The Hall–Kier alpha value is -1.60. The molecule has 0 saturated carbocycles. The average molecular weight is 351 g/mol. The molecule has 5 heteroatoms. The second-order valence-electron chi connectivity index (χ2n) is 3.86. The van der Waals surface area contributed by atoms with E-state index >= 15 is 0 Å². The van der Waals surface area contributed by atoms with Crippen LogP contribution < -0.4 is 10.5 Å². The number of amidine groups is 1. The van der Waals surface area contributed by atoms with Crippen molar-refractivity contribution in [2.75, 3.05) is 10.5 Å². The molecule has 2 N–H and O–H groups in total. The minimum Gasteiger partial charge on any atom is -0.282 e. The zero-order chi connectivity index (χ0) is 12.5. The summed E-state index contributed by atoms with van der Waals surface area (Å²) in [5, 5.41) is 15.6. The molecule has 4 nitrogen and oxygen atoms in total. The van der Waals surface area contributed by atoms with Crippen molar-refractivity contribution < 1.29 is 5.21 Å². The number of anilines is 2. The van der Waals surface area contributed by atoms with Crippen molar-refractivity contribution >= 4 is 39.8 Å². The van der Waals surface area contributed by atoms with E-state index in [2.05, 4.69) is 33.1 Å². The van der Waals surface area contributed by atoms with Gasteiger partial charge in [-0.15, -0.1) is 0 Å². The lowest BCUT2D eigenvalue weighted by Gasteiger charge is -2.26. The summed E-state index contributed by atoms with van der Waals surface area (Å²) < 4.78 is 1.04. The first-order valence-corrected chi connectivity index (χ1v) is 6.52. The van der Waals surface area contributed by atoms with Gasteiger partial charge in [-0.05, 0) is 40.8 Å². The number of hydrogen-bond donors (Lipinski definition) is 2. The molecular formula is C13H10IN3O. The van der Waals surface area contributed by atoms with Gasteiger partial charge in [-0.2, -0.15) is 5.10 Å². The highest BCUT2D eigenvalue weighted by Crippen LogP contribution is 2.30. The molecular weight excluding hydrogens is 341 g/mol. The van der Waals surface area contributed by atoms with Crippen LogP contribution in [-0.4, -0.2) is 11.0 Å². The van der Waals surface area contributed by atoms with Crippen LogP contribution >= 0.6 is 22.6 Å². The summed E-state index contributed by atoms with van der Waals surface area (Å²) in [6, 6.07) is 15.3.